The number of hydrogen-bond acceptors (Lipinski definition) is 4. The maximum absolute atomic E-state index is 9.49. The van der Waals surface area contributed by atoms with Crippen LogP contribution in [0, 0.1) is 22.7 Å². The molecular weight excluding hydrogens is 681 g/mol. The number of hydrogen-bond donors (Lipinski definition) is 1. The van der Waals surface area contributed by atoms with Gasteiger partial charge in [0.15, 0.2) is 0 Å². The molecule has 264 valence electrons. The van der Waals surface area contributed by atoms with Gasteiger partial charge in [-0.2, -0.15) is 10.5 Å². The molecule has 0 fully saturated rings. The van der Waals surface area contributed by atoms with E-state index in [4.69, 9.17) is 5.73 Å². The third kappa shape index (κ3) is 6.05. The molecule has 0 radical (unpaired) electrons. The number of pyridine rings is 1. The van der Waals surface area contributed by atoms with Crippen LogP contribution >= 0.6 is 0 Å². The summed E-state index contributed by atoms with van der Waals surface area (Å²) >= 11 is 0. The first kappa shape index (κ1) is 34.4. The van der Waals surface area contributed by atoms with Gasteiger partial charge in [-0.05, 0) is 114 Å². The van der Waals surface area contributed by atoms with Crippen LogP contribution in [0.25, 0.3) is 87.7 Å². The Labute approximate surface area is 326 Å². The van der Waals surface area contributed by atoms with Gasteiger partial charge < -0.3 is 5.73 Å². The van der Waals surface area contributed by atoms with Gasteiger partial charge in [-0.1, -0.05) is 152 Å². The van der Waals surface area contributed by atoms with Gasteiger partial charge >= 0.3 is 0 Å². The van der Waals surface area contributed by atoms with Crippen LogP contribution in [-0.4, -0.2) is 11.5 Å². The van der Waals surface area contributed by atoms with E-state index in [1.54, 1.807) is 12.3 Å². The minimum Gasteiger partial charge on any atom is -0.330 e. The van der Waals surface area contributed by atoms with Crippen LogP contribution in [0.3, 0.4) is 0 Å². The second-order valence-corrected chi connectivity index (χ2v) is 14.1. The number of rotatable bonds is 8. The predicted molar refractivity (Wildman–Crippen MR) is 232 cm³/mol. The lowest BCUT2D eigenvalue weighted by Gasteiger charge is -2.22. The number of aromatic nitrogens is 1. The highest BCUT2D eigenvalue weighted by Gasteiger charge is 2.22. The molecule has 4 heteroatoms. The molecule has 0 saturated heterocycles. The Bertz CT molecular complexity index is 2960. The number of allylic oxidation sites excluding steroid dienone is 1. The smallest absolute Gasteiger partial charge is 0.0992 e. The fourth-order valence-electron chi connectivity index (χ4n) is 8.29. The van der Waals surface area contributed by atoms with Gasteiger partial charge in [0.2, 0.25) is 0 Å². The summed E-state index contributed by atoms with van der Waals surface area (Å²) in [5, 5.41) is 28.5. The Hall–Kier alpha value is -7.37. The first-order valence-corrected chi connectivity index (χ1v) is 18.9. The Morgan fingerprint density at radius 3 is 1.34 bits per heavy atom. The molecule has 0 unspecified atom stereocenters. The molecule has 0 amide bonds. The summed E-state index contributed by atoms with van der Waals surface area (Å²) in [7, 11) is 0. The normalized spacial score (nSPS) is 11.6. The molecule has 1 aromatic heterocycles. The lowest BCUT2D eigenvalue weighted by molar-refractivity contribution is 0.968. The van der Waals surface area contributed by atoms with Crippen molar-refractivity contribution in [3.8, 4) is 56.8 Å². The van der Waals surface area contributed by atoms with Crippen LogP contribution in [0.4, 0.5) is 0 Å². The predicted octanol–water partition coefficient (Wildman–Crippen LogP) is 12.6. The molecular formula is C52H36N4. The quantitative estimate of drug-likeness (QED) is 0.125. The molecule has 0 aliphatic heterocycles. The molecule has 56 heavy (non-hydrogen) atoms. The van der Waals surface area contributed by atoms with Crippen molar-refractivity contribution < 1.29 is 0 Å². The zero-order valence-corrected chi connectivity index (χ0v) is 30.7. The molecule has 1 heterocycles. The Balaban J connectivity index is 1.26. The maximum Gasteiger partial charge on any atom is 0.0992 e. The lowest BCUT2D eigenvalue weighted by atomic mass is 9.81. The van der Waals surface area contributed by atoms with Crippen molar-refractivity contribution in [2.24, 2.45) is 5.73 Å². The zero-order chi connectivity index (χ0) is 38.0. The van der Waals surface area contributed by atoms with E-state index in [-0.39, 0.29) is 0 Å². The van der Waals surface area contributed by atoms with E-state index in [1.807, 2.05) is 12.1 Å². The van der Waals surface area contributed by atoms with Crippen LogP contribution in [0.5, 0.6) is 0 Å². The minimum absolute atomic E-state index is 0.470. The zero-order valence-electron chi connectivity index (χ0n) is 30.7. The second kappa shape index (κ2) is 14.8. The average molecular weight is 717 g/mol. The average Bonchev–Trinajstić information content (AvgIpc) is 3.26. The summed E-state index contributed by atoms with van der Waals surface area (Å²) in [5.41, 5.74) is 17.1. The molecule has 9 rings (SSSR count). The molecule has 8 aromatic carbocycles. The van der Waals surface area contributed by atoms with Gasteiger partial charge in [0.1, 0.15) is 0 Å². The van der Waals surface area contributed by atoms with E-state index in [2.05, 4.69) is 163 Å². The van der Waals surface area contributed by atoms with Crippen LogP contribution in [-0.2, 0) is 6.42 Å². The van der Waals surface area contributed by atoms with Gasteiger partial charge in [0.05, 0.1) is 23.4 Å². The molecule has 0 bridgehead atoms. The highest BCUT2D eigenvalue weighted by atomic mass is 14.7. The minimum atomic E-state index is 0.470. The van der Waals surface area contributed by atoms with Crippen LogP contribution in [0.15, 0.2) is 176 Å². The fraction of sp³-hybridized carbons (Fsp3) is 0.0577. The van der Waals surface area contributed by atoms with Crippen molar-refractivity contribution in [1.29, 1.82) is 10.5 Å². The van der Waals surface area contributed by atoms with Crippen LogP contribution in [0.1, 0.15) is 17.5 Å². The van der Waals surface area contributed by atoms with Crippen molar-refractivity contribution in [1.82, 2.24) is 4.98 Å². The van der Waals surface area contributed by atoms with Gasteiger partial charge in [-0.3, -0.25) is 4.98 Å². The monoisotopic (exact) mass is 716 g/mol. The third-order valence-corrected chi connectivity index (χ3v) is 10.9. The molecule has 2 N–H and O–H groups in total. The van der Waals surface area contributed by atoms with Crippen molar-refractivity contribution in [2.75, 3.05) is 6.54 Å². The van der Waals surface area contributed by atoms with Crippen LogP contribution in [0.2, 0.25) is 0 Å². The van der Waals surface area contributed by atoms with Crippen molar-refractivity contribution in [2.45, 2.75) is 12.8 Å². The summed E-state index contributed by atoms with van der Waals surface area (Å²) < 4.78 is 0. The van der Waals surface area contributed by atoms with Gasteiger partial charge in [0, 0.05) is 17.3 Å². The van der Waals surface area contributed by atoms with Crippen LogP contribution < -0.4 is 5.73 Å². The molecule has 0 saturated carbocycles. The first-order valence-electron chi connectivity index (χ1n) is 18.9. The van der Waals surface area contributed by atoms with Gasteiger partial charge in [-0.25, -0.2) is 0 Å². The largest absolute Gasteiger partial charge is 0.330 e. The van der Waals surface area contributed by atoms with Gasteiger partial charge in [-0.15, -0.1) is 0 Å². The van der Waals surface area contributed by atoms with Gasteiger partial charge in [0.25, 0.3) is 0 Å². The topological polar surface area (TPSA) is 86.5 Å². The Morgan fingerprint density at radius 1 is 0.518 bits per heavy atom. The molecule has 0 aliphatic rings. The number of fused-ring (bicyclic) bond motifs is 4. The fourth-order valence-corrected chi connectivity index (χ4v) is 8.29. The highest BCUT2D eigenvalue weighted by molar-refractivity contribution is 6.29. The molecule has 0 aliphatic carbocycles. The van der Waals surface area contributed by atoms with Crippen molar-refractivity contribution in [3.63, 3.8) is 0 Å². The summed E-state index contributed by atoms with van der Waals surface area (Å²) in [6, 6.07) is 60.6. The first-order chi connectivity index (χ1) is 27.7. The Kier molecular flexibility index (Phi) is 9.10. The number of benzene rings is 8. The number of nitrogens with two attached hydrogens (primary N) is 1. The van der Waals surface area contributed by atoms with E-state index in [9.17, 15) is 10.5 Å². The summed E-state index contributed by atoms with van der Waals surface area (Å²) in [5.74, 6) is 0. The third-order valence-electron chi connectivity index (χ3n) is 10.9. The highest BCUT2D eigenvalue weighted by Crippen LogP contribution is 2.50. The number of nitriles is 2. The van der Waals surface area contributed by atoms with E-state index in [1.165, 1.54) is 65.3 Å². The van der Waals surface area contributed by atoms with Crippen molar-refractivity contribution in [3.05, 3.63) is 187 Å². The Morgan fingerprint density at radius 2 is 0.929 bits per heavy atom. The lowest BCUT2D eigenvalue weighted by Crippen LogP contribution is -1.99. The second-order valence-electron chi connectivity index (χ2n) is 14.1. The van der Waals surface area contributed by atoms with E-state index < -0.39 is 0 Å². The molecule has 9 aromatic rings. The molecule has 4 nitrogen and oxygen atoms in total. The summed E-state index contributed by atoms with van der Waals surface area (Å²) in [6.45, 7) is 0.470. The maximum atomic E-state index is 9.49. The standard InChI is InChI=1S/C52H36N4/c53-29-27-35(32-54)18-17-34-19-21-38(22-20-34)49-40-9-1-5-13-44(40)51(45-14-6-2-10-41(45)49)52-46-15-7-3-11-42(46)50(43-12-4-8-16-47(43)52)39-25-23-37(24-26-39)48-31-36(33-55)28-30-56-48/h1-16,18-26,28,30-31H,17,27,29,53H2/b35-18+. The number of nitrogens with zero attached hydrogens (tertiary/aromatic N) is 3. The summed E-state index contributed by atoms with van der Waals surface area (Å²) in [4.78, 5) is 4.54. The summed E-state index contributed by atoms with van der Waals surface area (Å²) in [6.07, 6.45) is 4.97. The molecule has 0 spiro atoms. The SMILES string of the molecule is N#C/C(=C/Cc1ccc(-c2c3ccccc3c(-c3c4ccccc4c(-c4ccc(-c5cc(C#N)ccn5)cc4)c4ccccc34)c3ccccc23)cc1)CCN. The van der Waals surface area contributed by atoms with E-state index in [0.717, 1.165) is 33.5 Å². The van der Waals surface area contributed by atoms with Crippen molar-refractivity contribution >= 4 is 43.1 Å². The van der Waals surface area contributed by atoms with E-state index in [0.29, 0.717) is 24.9 Å². The van der Waals surface area contributed by atoms with E-state index >= 15 is 0 Å². The molecule has 0 atom stereocenters.